The minimum absolute atomic E-state index is 0.171. The zero-order chi connectivity index (χ0) is 15.3. The molecule has 1 fully saturated rings. The van der Waals surface area contributed by atoms with Gasteiger partial charge in [-0.3, -0.25) is 4.90 Å². The number of H-pyrrole nitrogens is 1. The molecule has 120 valence electrons. The van der Waals surface area contributed by atoms with Gasteiger partial charge in [-0.15, -0.1) is 0 Å². The van der Waals surface area contributed by atoms with Gasteiger partial charge >= 0.3 is 0 Å². The van der Waals surface area contributed by atoms with Gasteiger partial charge in [-0.05, 0) is 32.4 Å². The number of imidazole rings is 1. The Hall–Kier alpha value is -0.960. The molecule has 0 saturated carbocycles. The van der Waals surface area contributed by atoms with Crippen molar-refractivity contribution in [1.29, 1.82) is 0 Å². The highest BCUT2D eigenvalue weighted by molar-refractivity contribution is 7.89. The molecule has 1 atom stereocenters. The molecule has 0 aromatic carbocycles. The van der Waals surface area contributed by atoms with E-state index in [1.165, 1.54) is 12.5 Å². The van der Waals surface area contributed by atoms with Crippen molar-refractivity contribution < 1.29 is 8.42 Å². The number of nitrogens with one attached hydrogen (secondary N) is 1. The maximum atomic E-state index is 12.5. The number of aromatic amines is 1. The fraction of sp³-hybridized carbons (Fsp3) is 0.769. The van der Waals surface area contributed by atoms with E-state index in [0.717, 1.165) is 32.4 Å². The van der Waals surface area contributed by atoms with Crippen LogP contribution in [0.5, 0.6) is 0 Å². The van der Waals surface area contributed by atoms with Crippen molar-refractivity contribution in [1.82, 2.24) is 19.2 Å². The lowest BCUT2D eigenvalue weighted by Gasteiger charge is -2.29. The molecule has 8 heteroatoms. The number of nitrogens with zero attached hydrogens (tertiary/aromatic N) is 3. The minimum atomic E-state index is -3.45. The third-order valence-corrected chi connectivity index (χ3v) is 5.89. The zero-order valence-corrected chi connectivity index (χ0v) is 13.3. The van der Waals surface area contributed by atoms with Crippen LogP contribution in [0.2, 0.25) is 0 Å². The van der Waals surface area contributed by atoms with Gasteiger partial charge in [0.05, 0.1) is 12.5 Å². The summed E-state index contributed by atoms with van der Waals surface area (Å²) in [5.41, 5.74) is 5.67. The number of aromatic nitrogens is 2. The van der Waals surface area contributed by atoms with Crippen molar-refractivity contribution in [2.24, 2.45) is 5.73 Å². The highest BCUT2D eigenvalue weighted by Crippen LogP contribution is 2.17. The van der Waals surface area contributed by atoms with Crippen molar-refractivity contribution in [3.05, 3.63) is 12.5 Å². The molecule has 0 radical (unpaired) electrons. The number of sulfonamides is 1. The van der Waals surface area contributed by atoms with Crippen molar-refractivity contribution in [3.8, 4) is 0 Å². The summed E-state index contributed by atoms with van der Waals surface area (Å²) < 4.78 is 26.5. The van der Waals surface area contributed by atoms with E-state index >= 15 is 0 Å². The largest absolute Gasteiger partial charge is 0.335 e. The van der Waals surface area contributed by atoms with Gasteiger partial charge in [-0.1, -0.05) is 6.92 Å². The van der Waals surface area contributed by atoms with Crippen LogP contribution in [0.4, 0.5) is 0 Å². The van der Waals surface area contributed by atoms with Gasteiger partial charge in [0.2, 0.25) is 0 Å². The molecule has 2 rings (SSSR count). The van der Waals surface area contributed by atoms with E-state index in [1.807, 2.05) is 0 Å². The first kappa shape index (κ1) is 16.4. The Balaban J connectivity index is 2.04. The maximum Gasteiger partial charge on any atom is 0.260 e. The average Bonchev–Trinajstić information content (AvgIpc) is 2.90. The van der Waals surface area contributed by atoms with Crippen LogP contribution in [0.25, 0.3) is 0 Å². The predicted octanol–water partition coefficient (Wildman–Crippen LogP) is 0.234. The Bertz CT molecular complexity index is 517. The summed E-state index contributed by atoms with van der Waals surface area (Å²) in [7, 11) is -3.45. The summed E-state index contributed by atoms with van der Waals surface area (Å²) in [4.78, 5) is 8.86. The highest BCUT2D eigenvalue weighted by Gasteiger charge is 2.29. The molecule has 1 aliphatic rings. The summed E-state index contributed by atoms with van der Waals surface area (Å²) >= 11 is 0. The molecule has 2 heterocycles. The Morgan fingerprint density at radius 2 is 2.19 bits per heavy atom. The Kier molecular flexibility index (Phi) is 5.74. The molecule has 1 aromatic heterocycles. The molecule has 0 bridgehead atoms. The summed E-state index contributed by atoms with van der Waals surface area (Å²) in [6.45, 7) is 5.58. The number of nitrogens with two attached hydrogens (primary N) is 1. The first-order valence-electron chi connectivity index (χ1n) is 7.52. The molecule has 3 N–H and O–H groups in total. The molecule has 0 amide bonds. The lowest BCUT2D eigenvalue weighted by atomic mass is 10.1. The lowest BCUT2D eigenvalue weighted by Crippen LogP contribution is -2.40. The molecule has 1 aromatic rings. The topological polar surface area (TPSA) is 95.3 Å². The molecule has 7 nitrogen and oxygen atoms in total. The Morgan fingerprint density at radius 1 is 1.38 bits per heavy atom. The van der Waals surface area contributed by atoms with Crippen LogP contribution in [-0.2, 0) is 10.0 Å². The second-order valence-corrected chi connectivity index (χ2v) is 7.26. The molecule has 0 spiro atoms. The molecule has 1 aliphatic heterocycles. The van der Waals surface area contributed by atoms with Crippen LogP contribution in [0.1, 0.15) is 26.2 Å². The summed E-state index contributed by atoms with van der Waals surface area (Å²) in [6.07, 6.45) is 5.61. The van der Waals surface area contributed by atoms with Crippen LogP contribution < -0.4 is 5.73 Å². The maximum absolute atomic E-state index is 12.5. The van der Waals surface area contributed by atoms with E-state index in [2.05, 4.69) is 21.8 Å². The molecule has 21 heavy (non-hydrogen) atoms. The predicted molar refractivity (Wildman–Crippen MR) is 81.3 cm³/mol. The van der Waals surface area contributed by atoms with Gasteiger partial charge in [0.1, 0.15) is 0 Å². The average molecular weight is 315 g/mol. The third-order valence-electron chi connectivity index (χ3n) is 4.07. The van der Waals surface area contributed by atoms with Gasteiger partial charge in [0.25, 0.3) is 10.0 Å². The number of hydrogen-bond acceptors (Lipinski definition) is 5. The monoisotopic (exact) mass is 315 g/mol. The smallest absolute Gasteiger partial charge is 0.260 e. The number of hydrogen-bond donors (Lipinski definition) is 2. The van der Waals surface area contributed by atoms with Gasteiger partial charge in [-0.2, -0.15) is 4.31 Å². The lowest BCUT2D eigenvalue weighted by molar-refractivity contribution is 0.192. The fourth-order valence-electron chi connectivity index (χ4n) is 2.88. The van der Waals surface area contributed by atoms with E-state index in [9.17, 15) is 8.42 Å². The van der Waals surface area contributed by atoms with Gasteiger partial charge in [0.15, 0.2) is 5.03 Å². The molecule has 1 saturated heterocycles. The van der Waals surface area contributed by atoms with E-state index < -0.39 is 10.0 Å². The van der Waals surface area contributed by atoms with E-state index in [1.54, 1.807) is 4.31 Å². The van der Waals surface area contributed by atoms with Crippen molar-refractivity contribution >= 4 is 10.0 Å². The Labute approximate surface area is 126 Å². The van der Waals surface area contributed by atoms with Crippen molar-refractivity contribution in [3.63, 3.8) is 0 Å². The minimum Gasteiger partial charge on any atom is -0.335 e. The van der Waals surface area contributed by atoms with Crippen LogP contribution in [0.15, 0.2) is 17.6 Å². The summed E-state index contributed by atoms with van der Waals surface area (Å²) in [6, 6.07) is 0.449. The molecular weight excluding hydrogens is 290 g/mol. The second-order valence-electron chi connectivity index (χ2n) is 5.35. The summed E-state index contributed by atoms with van der Waals surface area (Å²) in [5, 5.41) is 0.171. The first-order chi connectivity index (χ1) is 10.1. The third kappa shape index (κ3) is 3.82. The highest BCUT2D eigenvalue weighted by atomic mass is 32.2. The fourth-order valence-corrected chi connectivity index (χ4v) is 4.25. The van der Waals surface area contributed by atoms with Crippen LogP contribution >= 0.6 is 0 Å². The van der Waals surface area contributed by atoms with E-state index in [0.29, 0.717) is 25.7 Å². The van der Waals surface area contributed by atoms with Gasteiger partial charge in [0, 0.05) is 25.7 Å². The zero-order valence-electron chi connectivity index (χ0n) is 12.5. The van der Waals surface area contributed by atoms with Crippen molar-refractivity contribution in [2.75, 3.05) is 32.7 Å². The van der Waals surface area contributed by atoms with Crippen molar-refractivity contribution in [2.45, 2.75) is 37.3 Å². The molecular formula is C13H25N5O2S. The first-order valence-corrected chi connectivity index (χ1v) is 8.96. The van der Waals surface area contributed by atoms with E-state index in [4.69, 9.17) is 5.73 Å². The van der Waals surface area contributed by atoms with Gasteiger partial charge in [-0.25, -0.2) is 13.4 Å². The standard InChI is InChI=1S/C13H25N5O2S/c1-2-12(4-5-14)17-6-3-7-18(9-8-17)21(19,20)13-10-15-11-16-13/h10-12H,2-9,14H2,1H3,(H,15,16). The van der Waals surface area contributed by atoms with Gasteiger partial charge < -0.3 is 10.7 Å². The molecule has 0 aliphatic carbocycles. The van der Waals surface area contributed by atoms with Crippen LogP contribution in [-0.4, -0.2) is 66.4 Å². The van der Waals surface area contributed by atoms with Crippen LogP contribution in [0, 0.1) is 0 Å². The second kappa shape index (κ2) is 7.35. The number of rotatable bonds is 6. The van der Waals surface area contributed by atoms with Crippen LogP contribution in [0.3, 0.4) is 0 Å². The molecule has 1 unspecified atom stereocenters. The quantitative estimate of drug-likeness (QED) is 0.784. The normalized spacial score (nSPS) is 20.3. The van der Waals surface area contributed by atoms with E-state index in [-0.39, 0.29) is 5.03 Å². The Morgan fingerprint density at radius 3 is 2.81 bits per heavy atom. The summed E-state index contributed by atoms with van der Waals surface area (Å²) in [5.74, 6) is 0. The SMILES string of the molecule is CCC(CCN)N1CCCN(S(=O)(=O)c2cnc[nH]2)CC1.